The Bertz CT molecular complexity index is 1120. The second-order valence-electron chi connectivity index (χ2n) is 5.86. The van der Waals surface area contributed by atoms with E-state index in [4.69, 9.17) is 4.42 Å². The van der Waals surface area contributed by atoms with Crippen LogP contribution in [0.25, 0.3) is 11.0 Å². The topological polar surface area (TPSA) is 102 Å². The molecule has 0 aliphatic heterocycles. The zero-order chi connectivity index (χ0) is 19.1. The number of nitro benzene ring substituents is 1. The smallest absolute Gasteiger partial charge is 0.288 e. The van der Waals surface area contributed by atoms with Crippen LogP contribution in [-0.2, 0) is 16.4 Å². The third-order valence-electron chi connectivity index (χ3n) is 4.01. The van der Waals surface area contributed by atoms with Crippen molar-refractivity contribution in [3.8, 4) is 0 Å². The van der Waals surface area contributed by atoms with Gasteiger partial charge in [-0.2, -0.15) is 0 Å². The number of nitrogens with zero attached hydrogens (tertiary/aromatic N) is 1. The number of anilines is 1. The standard InChI is InChI=1S/C17H15FN2O5S/c1-10-13-7-11(18)3-6-15(13)25-16(10)9-19-12-4-5-14(20(21)22)17(8-12)26(2,23)24/h3-8,19H,9H2,1-2H3. The summed E-state index contributed by atoms with van der Waals surface area (Å²) in [5.41, 5.74) is 1.22. The summed E-state index contributed by atoms with van der Waals surface area (Å²) in [4.78, 5) is 9.90. The molecule has 0 bridgehead atoms. The summed E-state index contributed by atoms with van der Waals surface area (Å²) in [6, 6.07) is 7.99. The molecule has 1 N–H and O–H groups in total. The molecule has 0 aliphatic rings. The SMILES string of the molecule is Cc1c(CNc2ccc([N+](=O)[O-])c(S(C)(=O)=O)c2)oc2ccc(F)cc12. The molecule has 1 aromatic heterocycles. The maximum atomic E-state index is 13.4. The zero-order valence-corrected chi connectivity index (χ0v) is 14.8. The molecule has 0 spiro atoms. The Labute approximate surface area is 148 Å². The van der Waals surface area contributed by atoms with Gasteiger partial charge in [-0.3, -0.25) is 10.1 Å². The Morgan fingerprint density at radius 1 is 1.23 bits per heavy atom. The second-order valence-corrected chi connectivity index (χ2v) is 7.84. The number of nitro groups is 1. The van der Waals surface area contributed by atoms with Crippen LogP contribution in [-0.4, -0.2) is 19.6 Å². The van der Waals surface area contributed by atoms with Crippen molar-refractivity contribution in [3.05, 3.63) is 63.7 Å². The molecule has 0 aliphatic carbocycles. The molecule has 2 aromatic carbocycles. The van der Waals surface area contributed by atoms with Crippen molar-refractivity contribution in [2.45, 2.75) is 18.4 Å². The number of hydrogen-bond donors (Lipinski definition) is 1. The molecule has 0 radical (unpaired) electrons. The van der Waals surface area contributed by atoms with Gasteiger partial charge in [-0.15, -0.1) is 0 Å². The summed E-state index contributed by atoms with van der Waals surface area (Å²) in [7, 11) is -3.76. The van der Waals surface area contributed by atoms with Crippen molar-refractivity contribution in [1.82, 2.24) is 0 Å². The fourth-order valence-electron chi connectivity index (χ4n) is 2.67. The molecule has 136 valence electrons. The predicted molar refractivity (Wildman–Crippen MR) is 94.4 cm³/mol. The summed E-state index contributed by atoms with van der Waals surface area (Å²) < 4.78 is 42.6. The van der Waals surface area contributed by atoms with Crippen molar-refractivity contribution in [3.63, 3.8) is 0 Å². The van der Waals surface area contributed by atoms with E-state index in [0.717, 1.165) is 17.9 Å². The number of fused-ring (bicyclic) bond motifs is 1. The highest BCUT2D eigenvalue weighted by molar-refractivity contribution is 7.90. The highest BCUT2D eigenvalue weighted by Gasteiger charge is 2.22. The molecule has 3 aromatic rings. The monoisotopic (exact) mass is 378 g/mol. The van der Waals surface area contributed by atoms with Crippen LogP contribution in [0.3, 0.4) is 0 Å². The van der Waals surface area contributed by atoms with Crippen LogP contribution >= 0.6 is 0 Å². The van der Waals surface area contributed by atoms with E-state index in [0.29, 0.717) is 22.4 Å². The number of halogens is 1. The molecule has 0 amide bonds. The minimum absolute atomic E-state index is 0.211. The van der Waals surface area contributed by atoms with E-state index >= 15 is 0 Å². The average molecular weight is 378 g/mol. The molecular weight excluding hydrogens is 363 g/mol. The lowest BCUT2D eigenvalue weighted by molar-refractivity contribution is -0.387. The number of hydrogen-bond acceptors (Lipinski definition) is 6. The van der Waals surface area contributed by atoms with Crippen LogP contribution in [0.1, 0.15) is 11.3 Å². The molecule has 1 heterocycles. The third-order valence-corrected chi connectivity index (χ3v) is 5.13. The van der Waals surface area contributed by atoms with Crippen LogP contribution in [0, 0.1) is 22.9 Å². The van der Waals surface area contributed by atoms with Crippen molar-refractivity contribution < 1.29 is 22.1 Å². The first-order valence-electron chi connectivity index (χ1n) is 7.56. The Balaban J connectivity index is 1.91. The van der Waals surface area contributed by atoms with Gasteiger partial charge in [0, 0.05) is 29.0 Å². The van der Waals surface area contributed by atoms with Gasteiger partial charge in [-0.05, 0) is 37.3 Å². The second kappa shape index (κ2) is 6.41. The summed E-state index contributed by atoms with van der Waals surface area (Å²) in [6.45, 7) is 2.00. The fourth-order valence-corrected chi connectivity index (χ4v) is 3.53. The van der Waals surface area contributed by atoms with Gasteiger partial charge in [0.1, 0.15) is 22.1 Å². The van der Waals surface area contributed by atoms with Gasteiger partial charge in [-0.1, -0.05) is 0 Å². The molecule has 0 fully saturated rings. The van der Waals surface area contributed by atoms with E-state index < -0.39 is 20.4 Å². The Morgan fingerprint density at radius 2 is 1.96 bits per heavy atom. The van der Waals surface area contributed by atoms with E-state index in [1.165, 1.54) is 30.3 Å². The van der Waals surface area contributed by atoms with Crippen molar-refractivity contribution in [2.75, 3.05) is 11.6 Å². The van der Waals surface area contributed by atoms with E-state index in [1.807, 2.05) is 0 Å². The number of rotatable bonds is 5. The van der Waals surface area contributed by atoms with Gasteiger partial charge in [0.2, 0.25) is 0 Å². The average Bonchev–Trinajstić information content (AvgIpc) is 2.87. The highest BCUT2D eigenvalue weighted by Crippen LogP contribution is 2.29. The van der Waals surface area contributed by atoms with Gasteiger partial charge in [0.15, 0.2) is 9.84 Å². The maximum absolute atomic E-state index is 13.4. The Morgan fingerprint density at radius 3 is 2.62 bits per heavy atom. The molecular formula is C17H15FN2O5S. The minimum Gasteiger partial charge on any atom is -0.459 e. The van der Waals surface area contributed by atoms with Crippen molar-refractivity contribution in [1.29, 1.82) is 0 Å². The van der Waals surface area contributed by atoms with Crippen molar-refractivity contribution >= 4 is 32.2 Å². The van der Waals surface area contributed by atoms with Crippen LogP contribution in [0.4, 0.5) is 15.8 Å². The lowest BCUT2D eigenvalue weighted by Gasteiger charge is -2.07. The summed E-state index contributed by atoms with van der Waals surface area (Å²) >= 11 is 0. The lowest BCUT2D eigenvalue weighted by Crippen LogP contribution is -2.05. The van der Waals surface area contributed by atoms with Crippen LogP contribution in [0.5, 0.6) is 0 Å². The Hall–Kier alpha value is -2.94. The summed E-state index contributed by atoms with van der Waals surface area (Å²) in [5, 5.41) is 14.6. The van der Waals surface area contributed by atoms with Crippen LogP contribution in [0.2, 0.25) is 0 Å². The number of furan rings is 1. The first kappa shape index (κ1) is 17.9. The minimum atomic E-state index is -3.76. The summed E-state index contributed by atoms with van der Waals surface area (Å²) in [6.07, 6.45) is 0.914. The third kappa shape index (κ3) is 3.38. The highest BCUT2D eigenvalue weighted by atomic mass is 32.2. The molecule has 0 unspecified atom stereocenters. The molecule has 9 heteroatoms. The molecule has 3 rings (SSSR count). The van der Waals surface area contributed by atoms with E-state index in [2.05, 4.69) is 5.32 Å². The first-order chi connectivity index (χ1) is 12.2. The maximum Gasteiger partial charge on any atom is 0.288 e. The first-order valence-corrected chi connectivity index (χ1v) is 9.46. The van der Waals surface area contributed by atoms with Crippen molar-refractivity contribution in [2.24, 2.45) is 0 Å². The Kier molecular flexibility index (Phi) is 4.41. The number of aryl methyl sites for hydroxylation is 1. The summed E-state index contributed by atoms with van der Waals surface area (Å²) in [5.74, 6) is 0.193. The molecule has 0 saturated heterocycles. The number of nitrogens with one attached hydrogen (secondary N) is 1. The van der Waals surface area contributed by atoms with E-state index in [9.17, 15) is 22.9 Å². The fraction of sp³-hybridized carbons (Fsp3) is 0.176. The largest absolute Gasteiger partial charge is 0.459 e. The lowest BCUT2D eigenvalue weighted by atomic mass is 10.1. The van der Waals surface area contributed by atoms with Gasteiger partial charge in [0.25, 0.3) is 5.69 Å². The number of sulfone groups is 1. The van der Waals surface area contributed by atoms with E-state index in [-0.39, 0.29) is 17.3 Å². The molecule has 0 saturated carbocycles. The molecule has 7 nitrogen and oxygen atoms in total. The van der Waals surface area contributed by atoms with Crippen LogP contribution < -0.4 is 5.32 Å². The quantitative estimate of drug-likeness (QED) is 0.535. The van der Waals surface area contributed by atoms with E-state index in [1.54, 1.807) is 6.92 Å². The van der Waals surface area contributed by atoms with Gasteiger partial charge in [0.05, 0.1) is 11.5 Å². The number of benzene rings is 2. The van der Waals surface area contributed by atoms with Gasteiger partial charge >= 0.3 is 0 Å². The van der Waals surface area contributed by atoms with Gasteiger partial charge < -0.3 is 9.73 Å². The van der Waals surface area contributed by atoms with Crippen LogP contribution in [0.15, 0.2) is 45.7 Å². The molecule has 0 atom stereocenters. The normalized spacial score (nSPS) is 11.7. The predicted octanol–water partition coefficient (Wildman–Crippen LogP) is 3.80. The van der Waals surface area contributed by atoms with Gasteiger partial charge in [-0.25, -0.2) is 12.8 Å². The zero-order valence-electron chi connectivity index (χ0n) is 13.9. The molecule has 26 heavy (non-hydrogen) atoms.